The van der Waals surface area contributed by atoms with Crippen LogP contribution < -0.4 is 5.56 Å². The molecule has 0 N–H and O–H groups in total. The fraction of sp³-hybridized carbons (Fsp3) is 0. The molecule has 3 nitrogen and oxygen atoms in total. The van der Waals surface area contributed by atoms with Crippen molar-refractivity contribution in [1.82, 2.24) is 9.07 Å². The third kappa shape index (κ3) is 1.55. The summed E-state index contributed by atoms with van der Waals surface area (Å²) >= 11 is 7.93. The van der Waals surface area contributed by atoms with E-state index in [1.807, 2.05) is 6.07 Å². The van der Waals surface area contributed by atoms with Crippen LogP contribution in [0.4, 0.5) is 0 Å². The quantitative estimate of drug-likeness (QED) is 0.698. The van der Waals surface area contributed by atoms with E-state index in [4.69, 9.17) is 11.8 Å². The van der Waals surface area contributed by atoms with Crippen molar-refractivity contribution in [2.45, 2.75) is 0 Å². The van der Waals surface area contributed by atoms with E-state index in [0.717, 1.165) is 3.57 Å². The van der Waals surface area contributed by atoms with Gasteiger partial charge in [0.05, 0.1) is 10.9 Å². The van der Waals surface area contributed by atoms with Crippen LogP contribution in [0.1, 0.15) is 0 Å². The molecule has 0 fully saturated rings. The smallest absolute Gasteiger partial charge is 0.267 e. The molecule has 2 rings (SSSR count). The largest absolute Gasteiger partial charge is 0.280 e. The van der Waals surface area contributed by atoms with Gasteiger partial charge < -0.3 is 0 Å². The van der Waals surface area contributed by atoms with E-state index in [-0.39, 0.29) is 5.56 Å². The monoisotopic (exact) mass is 306 g/mol. The zero-order chi connectivity index (χ0) is 9.42. The molecule has 0 bridgehead atoms. The van der Waals surface area contributed by atoms with Crippen molar-refractivity contribution in [3.63, 3.8) is 0 Å². The van der Waals surface area contributed by atoms with Gasteiger partial charge in [-0.15, -0.1) is 0 Å². The van der Waals surface area contributed by atoms with E-state index in [9.17, 15) is 4.79 Å². The van der Waals surface area contributed by atoms with E-state index < -0.39 is 0 Å². The average Bonchev–Trinajstić information content (AvgIpc) is 2.12. The van der Waals surface area contributed by atoms with E-state index in [1.165, 1.54) is 10.4 Å². The van der Waals surface area contributed by atoms with Gasteiger partial charge in [0.25, 0.3) is 5.56 Å². The summed E-state index contributed by atoms with van der Waals surface area (Å²) in [4.78, 5) is 14.9. The Morgan fingerprint density at radius 1 is 1.46 bits per heavy atom. The van der Waals surface area contributed by atoms with Crippen LogP contribution in [0.25, 0.3) is 10.9 Å². The first-order chi connectivity index (χ1) is 6.18. The molecule has 13 heavy (non-hydrogen) atoms. The molecule has 0 radical (unpaired) electrons. The molecule has 1 aromatic heterocycles. The number of halogens is 2. The first-order valence-corrected chi connectivity index (χ1v) is 4.93. The topological polar surface area (TPSA) is 34.9 Å². The van der Waals surface area contributed by atoms with Gasteiger partial charge in [0.1, 0.15) is 6.33 Å². The number of nitrogens with zero attached hydrogens (tertiary/aromatic N) is 2. The van der Waals surface area contributed by atoms with Gasteiger partial charge in [-0.25, -0.2) is 4.09 Å². The first-order valence-electron chi connectivity index (χ1n) is 3.51. The fourth-order valence-electron chi connectivity index (χ4n) is 1.10. The van der Waals surface area contributed by atoms with Crippen LogP contribution in [0.2, 0.25) is 0 Å². The van der Waals surface area contributed by atoms with Crippen molar-refractivity contribution < 1.29 is 0 Å². The molecule has 0 spiro atoms. The number of fused-ring (bicyclic) bond motifs is 1. The van der Waals surface area contributed by atoms with Gasteiger partial charge in [0.15, 0.2) is 0 Å². The highest BCUT2D eigenvalue weighted by molar-refractivity contribution is 14.1. The van der Waals surface area contributed by atoms with E-state index in [0.29, 0.717) is 10.9 Å². The SMILES string of the molecule is O=c1ncn(Cl)c2ccc(I)cc12. The minimum Gasteiger partial charge on any atom is -0.267 e. The van der Waals surface area contributed by atoms with E-state index in [1.54, 1.807) is 12.1 Å². The second-order valence-corrected chi connectivity index (χ2v) is 4.13. The van der Waals surface area contributed by atoms with Crippen molar-refractivity contribution in [3.8, 4) is 0 Å². The lowest BCUT2D eigenvalue weighted by atomic mass is 10.2. The molecule has 0 amide bonds. The lowest BCUT2D eigenvalue weighted by Gasteiger charge is -2.00. The van der Waals surface area contributed by atoms with Crippen molar-refractivity contribution in [2.75, 3.05) is 0 Å². The highest BCUT2D eigenvalue weighted by atomic mass is 127. The van der Waals surface area contributed by atoms with Crippen LogP contribution in [0, 0.1) is 3.57 Å². The number of benzene rings is 1. The molecule has 0 aliphatic rings. The Morgan fingerprint density at radius 3 is 3.00 bits per heavy atom. The summed E-state index contributed by atoms with van der Waals surface area (Å²) in [5, 5.41) is 0.546. The van der Waals surface area contributed by atoms with Gasteiger partial charge >= 0.3 is 0 Å². The molecule has 0 unspecified atom stereocenters. The maximum absolute atomic E-state index is 11.3. The molecule has 0 saturated heterocycles. The molecule has 0 atom stereocenters. The van der Waals surface area contributed by atoms with Gasteiger partial charge in [-0.1, -0.05) is 0 Å². The molecular formula is C8H4ClIN2O. The molecule has 5 heteroatoms. The maximum Gasteiger partial charge on any atom is 0.280 e. The third-order valence-corrected chi connectivity index (χ3v) is 2.64. The minimum absolute atomic E-state index is 0.245. The molecule has 0 aliphatic heterocycles. The van der Waals surface area contributed by atoms with Crippen LogP contribution >= 0.6 is 34.4 Å². The Hall–Kier alpha value is -0.620. The van der Waals surface area contributed by atoms with Gasteiger partial charge in [0.2, 0.25) is 0 Å². The van der Waals surface area contributed by atoms with Crippen LogP contribution in [0.3, 0.4) is 0 Å². The van der Waals surface area contributed by atoms with Crippen molar-refractivity contribution in [2.24, 2.45) is 0 Å². The third-order valence-electron chi connectivity index (χ3n) is 1.70. The standard InChI is InChI=1S/C8H4ClIN2O/c9-12-4-11-8(13)6-3-5(10)1-2-7(6)12/h1-4H. The van der Waals surface area contributed by atoms with Gasteiger partial charge in [-0.3, -0.25) is 4.79 Å². The lowest BCUT2D eigenvalue weighted by Crippen LogP contribution is -2.08. The van der Waals surface area contributed by atoms with Crippen LogP contribution in [0.5, 0.6) is 0 Å². The predicted molar refractivity (Wildman–Crippen MR) is 60.0 cm³/mol. The van der Waals surface area contributed by atoms with Crippen LogP contribution in [-0.4, -0.2) is 9.07 Å². The Bertz CT molecular complexity index is 523. The summed E-state index contributed by atoms with van der Waals surface area (Å²) in [5.74, 6) is 0. The Balaban J connectivity index is 3.01. The van der Waals surface area contributed by atoms with Crippen molar-refractivity contribution in [1.29, 1.82) is 0 Å². The highest BCUT2D eigenvalue weighted by Crippen LogP contribution is 2.13. The molecule has 0 saturated carbocycles. The summed E-state index contributed by atoms with van der Waals surface area (Å²) in [5.41, 5.74) is 0.437. The molecule has 2 aromatic rings. The van der Waals surface area contributed by atoms with Gasteiger partial charge in [0, 0.05) is 15.3 Å². The summed E-state index contributed by atoms with van der Waals surface area (Å²) in [7, 11) is 0. The Kier molecular flexibility index (Phi) is 2.25. The summed E-state index contributed by atoms with van der Waals surface area (Å²) in [6.45, 7) is 0. The normalized spacial score (nSPS) is 10.6. The fourth-order valence-corrected chi connectivity index (χ4v) is 1.78. The van der Waals surface area contributed by atoms with Crippen LogP contribution in [0.15, 0.2) is 29.3 Å². The lowest BCUT2D eigenvalue weighted by molar-refractivity contribution is 1.11. The Morgan fingerprint density at radius 2 is 2.23 bits per heavy atom. The zero-order valence-corrected chi connectivity index (χ0v) is 9.28. The molecule has 66 valence electrons. The van der Waals surface area contributed by atoms with Gasteiger partial charge in [-0.05, 0) is 40.8 Å². The van der Waals surface area contributed by atoms with Gasteiger partial charge in [-0.2, -0.15) is 4.98 Å². The number of aromatic nitrogens is 2. The van der Waals surface area contributed by atoms with Crippen molar-refractivity contribution >= 4 is 45.3 Å². The maximum atomic E-state index is 11.3. The molecule has 1 heterocycles. The summed E-state index contributed by atoms with van der Waals surface area (Å²) in [6, 6.07) is 5.46. The highest BCUT2D eigenvalue weighted by Gasteiger charge is 2.02. The zero-order valence-electron chi connectivity index (χ0n) is 6.37. The number of hydrogen-bond donors (Lipinski definition) is 0. The second-order valence-electron chi connectivity index (χ2n) is 2.52. The number of hydrogen-bond acceptors (Lipinski definition) is 2. The minimum atomic E-state index is -0.245. The second kappa shape index (κ2) is 3.26. The Labute approximate surface area is 92.6 Å². The molecular weight excluding hydrogens is 302 g/mol. The van der Waals surface area contributed by atoms with Crippen LogP contribution in [-0.2, 0) is 0 Å². The first kappa shape index (κ1) is 8.96. The summed E-state index contributed by atoms with van der Waals surface area (Å²) < 4.78 is 2.30. The predicted octanol–water partition coefficient (Wildman–Crippen LogP) is 2.00. The summed E-state index contributed by atoms with van der Waals surface area (Å²) in [6.07, 6.45) is 1.30. The molecule has 1 aromatic carbocycles. The van der Waals surface area contributed by atoms with E-state index >= 15 is 0 Å². The average molecular weight is 306 g/mol. The number of rotatable bonds is 0. The molecule has 0 aliphatic carbocycles. The van der Waals surface area contributed by atoms with E-state index in [2.05, 4.69) is 27.6 Å². The van der Waals surface area contributed by atoms with Crippen molar-refractivity contribution in [3.05, 3.63) is 38.5 Å².